The zero-order valence-corrected chi connectivity index (χ0v) is 21.6. The molecule has 2 fully saturated rings. The second kappa shape index (κ2) is 9.77. The van der Waals surface area contributed by atoms with Gasteiger partial charge >= 0.3 is 6.61 Å². The van der Waals surface area contributed by atoms with Gasteiger partial charge in [0.05, 0.1) is 42.4 Å². The SMILES string of the molecule is CC1C(C#Cc2ccc3nc4n(c3c2)[C@@H](c2c(C=O)cccc2OC(F)F)CC4N(C)C)CN1C1COC1. The number of alkyl halides is 2. The Bertz CT molecular complexity index is 1440. The van der Waals surface area contributed by atoms with E-state index < -0.39 is 12.7 Å². The number of benzene rings is 2. The first-order valence-electron chi connectivity index (χ1n) is 12.9. The molecule has 0 saturated carbocycles. The van der Waals surface area contributed by atoms with E-state index in [2.05, 4.69) is 33.1 Å². The molecule has 38 heavy (non-hydrogen) atoms. The number of likely N-dealkylation sites (tertiary alicyclic amines) is 1. The van der Waals surface area contributed by atoms with Crippen molar-refractivity contribution in [1.82, 2.24) is 19.4 Å². The van der Waals surface area contributed by atoms with Crippen molar-refractivity contribution in [2.75, 3.05) is 33.9 Å². The summed E-state index contributed by atoms with van der Waals surface area (Å²) >= 11 is 0. The number of aromatic nitrogens is 2. The van der Waals surface area contributed by atoms with Crippen molar-refractivity contribution in [3.8, 4) is 17.6 Å². The number of fused-ring (bicyclic) bond motifs is 3. The molecule has 3 aliphatic rings. The lowest BCUT2D eigenvalue weighted by Crippen LogP contribution is -2.63. The number of rotatable bonds is 6. The Kier molecular flexibility index (Phi) is 6.42. The van der Waals surface area contributed by atoms with Crippen molar-refractivity contribution in [2.24, 2.45) is 5.92 Å². The second-order valence-corrected chi connectivity index (χ2v) is 10.5. The van der Waals surface area contributed by atoms with Gasteiger partial charge < -0.3 is 14.0 Å². The van der Waals surface area contributed by atoms with Crippen LogP contribution in [0.15, 0.2) is 36.4 Å². The highest BCUT2D eigenvalue weighted by Gasteiger charge is 2.41. The van der Waals surface area contributed by atoms with Crippen LogP contribution in [0.1, 0.15) is 52.7 Å². The average Bonchev–Trinajstić information content (AvgIpc) is 3.41. The lowest BCUT2D eigenvalue weighted by molar-refractivity contribution is -0.117. The molecule has 2 aromatic carbocycles. The Morgan fingerprint density at radius 1 is 1.24 bits per heavy atom. The average molecular weight is 521 g/mol. The summed E-state index contributed by atoms with van der Waals surface area (Å²) in [6.45, 7) is 1.78. The number of halogens is 2. The van der Waals surface area contributed by atoms with Gasteiger partial charge in [-0.25, -0.2) is 4.98 Å². The van der Waals surface area contributed by atoms with Crippen LogP contribution >= 0.6 is 0 Å². The molecule has 4 heterocycles. The second-order valence-electron chi connectivity index (χ2n) is 10.5. The van der Waals surface area contributed by atoms with Gasteiger partial charge in [-0.2, -0.15) is 8.78 Å². The number of aldehydes is 1. The van der Waals surface area contributed by atoms with E-state index in [-0.39, 0.29) is 11.8 Å². The first-order chi connectivity index (χ1) is 18.4. The number of ether oxygens (including phenoxy) is 2. The zero-order valence-electron chi connectivity index (χ0n) is 21.6. The fourth-order valence-electron chi connectivity index (χ4n) is 5.96. The summed E-state index contributed by atoms with van der Waals surface area (Å²) in [4.78, 5) is 21.4. The highest BCUT2D eigenvalue weighted by Crippen LogP contribution is 2.46. The smallest absolute Gasteiger partial charge is 0.387 e. The molecular weight excluding hydrogens is 490 g/mol. The number of nitrogens with zero attached hydrogens (tertiary/aromatic N) is 4. The highest BCUT2D eigenvalue weighted by atomic mass is 19.3. The summed E-state index contributed by atoms with van der Waals surface area (Å²) < 4.78 is 38.9. The van der Waals surface area contributed by atoms with Crippen molar-refractivity contribution < 1.29 is 23.0 Å². The van der Waals surface area contributed by atoms with E-state index in [0.717, 1.165) is 42.2 Å². The van der Waals surface area contributed by atoms with Crippen molar-refractivity contribution in [3.63, 3.8) is 0 Å². The molecule has 7 nitrogen and oxygen atoms in total. The first kappa shape index (κ1) is 25.0. The first-order valence-corrected chi connectivity index (χ1v) is 12.9. The summed E-state index contributed by atoms with van der Waals surface area (Å²) in [7, 11) is 3.93. The maximum atomic E-state index is 13.3. The van der Waals surface area contributed by atoms with Gasteiger partial charge in [-0.05, 0) is 51.7 Å². The van der Waals surface area contributed by atoms with Gasteiger partial charge in [0.2, 0.25) is 0 Å². The molecule has 3 aliphatic heterocycles. The molecule has 0 N–H and O–H groups in total. The maximum absolute atomic E-state index is 13.3. The lowest BCUT2D eigenvalue weighted by atomic mass is 9.88. The minimum absolute atomic E-state index is 0.0122. The van der Waals surface area contributed by atoms with Gasteiger partial charge in [0, 0.05) is 35.2 Å². The molecule has 0 radical (unpaired) electrons. The zero-order chi connectivity index (χ0) is 26.6. The number of carbonyl (C=O) groups is 1. The molecule has 198 valence electrons. The van der Waals surface area contributed by atoms with Gasteiger partial charge in [-0.15, -0.1) is 0 Å². The molecule has 2 saturated heterocycles. The Balaban J connectivity index is 1.39. The fraction of sp³-hybridized carbons (Fsp3) is 0.448. The van der Waals surface area contributed by atoms with E-state index in [9.17, 15) is 13.6 Å². The predicted molar refractivity (Wildman–Crippen MR) is 139 cm³/mol. The molecule has 0 bridgehead atoms. The van der Waals surface area contributed by atoms with E-state index in [0.29, 0.717) is 41.8 Å². The van der Waals surface area contributed by atoms with Crippen LogP contribution in [0.3, 0.4) is 0 Å². The predicted octanol–water partition coefficient (Wildman–Crippen LogP) is 4.12. The lowest BCUT2D eigenvalue weighted by Gasteiger charge is -2.51. The number of hydrogen-bond acceptors (Lipinski definition) is 6. The topological polar surface area (TPSA) is 59.8 Å². The van der Waals surface area contributed by atoms with Crippen LogP contribution in [-0.4, -0.2) is 78.2 Å². The third kappa shape index (κ3) is 4.17. The van der Waals surface area contributed by atoms with E-state index in [1.165, 1.54) is 6.07 Å². The number of carbonyl (C=O) groups excluding carboxylic acids is 1. The fourth-order valence-corrected chi connectivity index (χ4v) is 5.96. The van der Waals surface area contributed by atoms with E-state index in [1.54, 1.807) is 12.1 Å². The van der Waals surface area contributed by atoms with Gasteiger partial charge in [0.25, 0.3) is 0 Å². The monoisotopic (exact) mass is 520 g/mol. The molecule has 3 aromatic rings. The molecule has 0 amide bonds. The van der Waals surface area contributed by atoms with Gasteiger partial charge in [0.15, 0.2) is 6.29 Å². The van der Waals surface area contributed by atoms with E-state index >= 15 is 0 Å². The van der Waals surface area contributed by atoms with E-state index in [1.807, 2.05) is 32.3 Å². The van der Waals surface area contributed by atoms with E-state index in [4.69, 9.17) is 14.5 Å². The highest BCUT2D eigenvalue weighted by molar-refractivity contribution is 5.82. The minimum Gasteiger partial charge on any atom is -0.434 e. The summed E-state index contributed by atoms with van der Waals surface area (Å²) in [5, 5.41) is 0. The quantitative estimate of drug-likeness (QED) is 0.360. The minimum atomic E-state index is -3.00. The molecule has 0 aliphatic carbocycles. The number of hydrogen-bond donors (Lipinski definition) is 0. The molecule has 0 spiro atoms. The third-order valence-corrected chi connectivity index (χ3v) is 8.18. The summed E-state index contributed by atoms with van der Waals surface area (Å²) in [6.07, 6.45) is 1.27. The van der Waals surface area contributed by atoms with Gasteiger partial charge in [-0.1, -0.05) is 24.0 Å². The van der Waals surface area contributed by atoms with Crippen molar-refractivity contribution in [2.45, 2.75) is 44.1 Å². The molecule has 4 atom stereocenters. The summed E-state index contributed by atoms with van der Waals surface area (Å²) in [6, 6.07) is 11.1. The Hall–Kier alpha value is -3.32. The van der Waals surface area contributed by atoms with Crippen LogP contribution in [0.4, 0.5) is 8.78 Å². The largest absolute Gasteiger partial charge is 0.434 e. The van der Waals surface area contributed by atoms with Gasteiger partial charge in [0.1, 0.15) is 11.6 Å². The van der Waals surface area contributed by atoms with Crippen molar-refractivity contribution in [1.29, 1.82) is 0 Å². The number of imidazole rings is 1. The third-order valence-electron chi connectivity index (χ3n) is 8.18. The summed E-state index contributed by atoms with van der Waals surface area (Å²) in [5.41, 5.74) is 3.32. The van der Waals surface area contributed by atoms with Crippen molar-refractivity contribution in [3.05, 3.63) is 58.9 Å². The Labute approximate surface area is 220 Å². The van der Waals surface area contributed by atoms with Crippen LogP contribution in [0.25, 0.3) is 11.0 Å². The van der Waals surface area contributed by atoms with Crippen molar-refractivity contribution >= 4 is 17.3 Å². The van der Waals surface area contributed by atoms with Crippen LogP contribution in [-0.2, 0) is 4.74 Å². The molecule has 6 rings (SSSR count). The molecular formula is C29H30F2N4O3. The molecule has 3 unspecified atom stereocenters. The molecule has 1 aromatic heterocycles. The molecule has 9 heteroatoms. The van der Waals surface area contributed by atoms with Crippen LogP contribution in [0, 0.1) is 17.8 Å². The Morgan fingerprint density at radius 2 is 2.05 bits per heavy atom. The Morgan fingerprint density at radius 3 is 2.71 bits per heavy atom. The summed E-state index contributed by atoms with van der Waals surface area (Å²) in [5.74, 6) is 7.94. The standard InChI is InChI=1S/C29H30F2N4O3/c1-17-19(13-34(17)21-15-37-16-21)9-7-18-8-10-22-23(11-18)35-24(12-25(33(2)3)28(35)32-22)27-20(14-36)5-4-6-26(27)38-29(30)31/h4-6,8,10-11,14,17,19,21,24-25,29H,12-13,15-16H2,1-3H3/t17?,19?,24-,25?/m1/s1. The van der Waals surface area contributed by atoms with Gasteiger partial charge in [-0.3, -0.25) is 14.6 Å². The van der Waals surface area contributed by atoms with Crippen LogP contribution < -0.4 is 4.74 Å². The van der Waals surface area contributed by atoms with Crippen LogP contribution in [0.5, 0.6) is 5.75 Å². The normalized spacial score (nSPS) is 25.1. The van der Waals surface area contributed by atoms with Crippen LogP contribution in [0.2, 0.25) is 0 Å². The maximum Gasteiger partial charge on any atom is 0.387 e.